The molecule has 0 unspecified atom stereocenters. The first-order valence-corrected chi connectivity index (χ1v) is 8.69. The molecule has 0 amide bonds. The van der Waals surface area contributed by atoms with Gasteiger partial charge in [0.25, 0.3) is 0 Å². The minimum Gasteiger partial charge on any atom is -0.319 e. The SMILES string of the molecule is CCCCC1CCC(CNC)(Cc2nccs2)CC1. The van der Waals surface area contributed by atoms with Gasteiger partial charge in [0.2, 0.25) is 0 Å². The molecule has 0 aromatic carbocycles. The largest absolute Gasteiger partial charge is 0.319 e. The molecule has 1 N–H and O–H groups in total. The Bertz CT molecular complexity index is 340. The summed E-state index contributed by atoms with van der Waals surface area (Å²) in [5, 5.41) is 6.85. The molecule has 0 spiro atoms. The normalized spacial score (nSPS) is 27.6. The van der Waals surface area contributed by atoms with E-state index >= 15 is 0 Å². The lowest BCUT2D eigenvalue weighted by Gasteiger charge is -2.40. The second-order valence-corrected chi connectivity index (χ2v) is 7.20. The van der Waals surface area contributed by atoms with Crippen molar-refractivity contribution in [3.63, 3.8) is 0 Å². The number of hydrogen-bond donors (Lipinski definition) is 1. The van der Waals surface area contributed by atoms with Crippen molar-refractivity contribution in [2.24, 2.45) is 11.3 Å². The molecule has 1 aliphatic carbocycles. The monoisotopic (exact) mass is 280 g/mol. The highest BCUT2D eigenvalue weighted by Gasteiger charge is 2.35. The number of hydrogen-bond acceptors (Lipinski definition) is 3. The van der Waals surface area contributed by atoms with E-state index in [1.807, 2.05) is 17.5 Å². The lowest BCUT2D eigenvalue weighted by atomic mass is 9.67. The Morgan fingerprint density at radius 1 is 1.42 bits per heavy atom. The van der Waals surface area contributed by atoms with Gasteiger partial charge in [-0.05, 0) is 44.1 Å². The summed E-state index contributed by atoms with van der Waals surface area (Å²) in [6.07, 6.45) is 12.9. The zero-order valence-electron chi connectivity index (χ0n) is 12.5. The predicted octanol–water partition coefficient (Wildman–Crippen LogP) is 4.27. The fourth-order valence-electron chi connectivity index (χ4n) is 3.52. The number of aromatic nitrogens is 1. The molecule has 1 aliphatic rings. The van der Waals surface area contributed by atoms with Crippen LogP contribution in [0, 0.1) is 11.3 Å². The molecule has 0 radical (unpaired) electrons. The molecule has 1 saturated carbocycles. The number of unbranched alkanes of at least 4 members (excludes halogenated alkanes) is 1. The number of nitrogens with zero attached hydrogens (tertiary/aromatic N) is 1. The number of nitrogens with one attached hydrogen (secondary N) is 1. The quantitative estimate of drug-likeness (QED) is 0.806. The van der Waals surface area contributed by atoms with Gasteiger partial charge in [-0.1, -0.05) is 26.2 Å². The minimum absolute atomic E-state index is 0.468. The molecule has 0 bridgehead atoms. The van der Waals surface area contributed by atoms with E-state index in [1.165, 1.54) is 56.4 Å². The maximum Gasteiger partial charge on any atom is 0.0930 e. The summed E-state index contributed by atoms with van der Waals surface area (Å²) >= 11 is 1.82. The zero-order chi connectivity index (χ0) is 13.6. The van der Waals surface area contributed by atoms with Gasteiger partial charge in [0, 0.05) is 24.5 Å². The Morgan fingerprint density at radius 2 is 2.21 bits per heavy atom. The van der Waals surface area contributed by atoms with Crippen LogP contribution < -0.4 is 5.32 Å². The summed E-state index contributed by atoms with van der Waals surface area (Å²) < 4.78 is 0. The van der Waals surface area contributed by atoms with Gasteiger partial charge in [0.1, 0.15) is 0 Å². The average molecular weight is 280 g/mol. The standard InChI is InChI=1S/C16H28N2S/c1-3-4-5-14-6-8-16(9-7-14,13-17-2)12-15-18-10-11-19-15/h10-11,14,17H,3-9,12-13H2,1-2H3. The van der Waals surface area contributed by atoms with E-state index in [0.717, 1.165) is 12.5 Å². The van der Waals surface area contributed by atoms with Crippen molar-refractivity contribution in [2.75, 3.05) is 13.6 Å². The minimum atomic E-state index is 0.468. The van der Waals surface area contributed by atoms with E-state index in [1.54, 1.807) is 0 Å². The maximum atomic E-state index is 4.50. The Kier molecular flexibility index (Phi) is 5.83. The highest BCUT2D eigenvalue weighted by molar-refractivity contribution is 7.09. The molecule has 0 atom stereocenters. The van der Waals surface area contributed by atoms with Crippen LogP contribution in [0.1, 0.15) is 56.9 Å². The van der Waals surface area contributed by atoms with Crippen molar-refractivity contribution in [3.05, 3.63) is 16.6 Å². The highest BCUT2D eigenvalue weighted by atomic mass is 32.1. The van der Waals surface area contributed by atoms with E-state index in [9.17, 15) is 0 Å². The molecular weight excluding hydrogens is 252 g/mol. The van der Waals surface area contributed by atoms with Crippen LogP contribution in [0.3, 0.4) is 0 Å². The van der Waals surface area contributed by atoms with Crippen molar-refractivity contribution in [1.82, 2.24) is 10.3 Å². The van der Waals surface area contributed by atoms with Crippen molar-refractivity contribution in [3.8, 4) is 0 Å². The van der Waals surface area contributed by atoms with E-state index in [-0.39, 0.29) is 0 Å². The van der Waals surface area contributed by atoms with Gasteiger partial charge < -0.3 is 5.32 Å². The average Bonchev–Trinajstić information content (AvgIpc) is 2.91. The third-order valence-electron chi connectivity index (χ3n) is 4.69. The molecule has 1 fully saturated rings. The summed E-state index contributed by atoms with van der Waals surface area (Å²) in [6, 6.07) is 0. The second kappa shape index (κ2) is 7.39. The zero-order valence-corrected chi connectivity index (χ0v) is 13.3. The number of rotatable bonds is 7. The second-order valence-electron chi connectivity index (χ2n) is 6.22. The van der Waals surface area contributed by atoms with Gasteiger partial charge in [0.05, 0.1) is 5.01 Å². The number of thiazole rings is 1. The van der Waals surface area contributed by atoms with Crippen LogP contribution in [-0.2, 0) is 6.42 Å². The Hall–Kier alpha value is -0.410. The molecular formula is C16H28N2S. The van der Waals surface area contributed by atoms with Crippen LogP contribution in [0.4, 0.5) is 0 Å². The van der Waals surface area contributed by atoms with Gasteiger partial charge in [-0.25, -0.2) is 4.98 Å². The van der Waals surface area contributed by atoms with Crippen molar-refractivity contribution < 1.29 is 0 Å². The molecule has 0 saturated heterocycles. The first-order chi connectivity index (χ1) is 9.28. The molecule has 2 nitrogen and oxygen atoms in total. The van der Waals surface area contributed by atoms with Crippen LogP contribution in [0.15, 0.2) is 11.6 Å². The molecule has 0 aliphatic heterocycles. The van der Waals surface area contributed by atoms with Crippen LogP contribution in [-0.4, -0.2) is 18.6 Å². The molecule has 1 aromatic rings. The summed E-state index contributed by atoms with van der Waals surface area (Å²) in [7, 11) is 2.09. The van der Waals surface area contributed by atoms with Gasteiger partial charge in [-0.3, -0.25) is 0 Å². The molecule has 19 heavy (non-hydrogen) atoms. The Morgan fingerprint density at radius 3 is 2.79 bits per heavy atom. The van der Waals surface area contributed by atoms with Gasteiger partial charge in [0.15, 0.2) is 0 Å². The topological polar surface area (TPSA) is 24.9 Å². The smallest absolute Gasteiger partial charge is 0.0930 e. The molecule has 2 rings (SSSR count). The van der Waals surface area contributed by atoms with Crippen molar-refractivity contribution >= 4 is 11.3 Å². The van der Waals surface area contributed by atoms with Crippen molar-refractivity contribution in [2.45, 2.75) is 58.3 Å². The molecule has 3 heteroatoms. The molecule has 108 valence electrons. The predicted molar refractivity (Wildman–Crippen MR) is 83.7 cm³/mol. The van der Waals surface area contributed by atoms with E-state index in [4.69, 9.17) is 0 Å². The summed E-state index contributed by atoms with van der Waals surface area (Å²) in [6.45, 7) is 3.45. The lowest BCUT2D eigenvalue weighted by Crippen LogP contribution is -2.38. The molecule has 1 heterocycles. The maximum absolute atomic E-state index is 4.50. The first-order valence-electron chi connectivity index (χ1n) is 7.81. The summed E-state index contributed by atoms with van der Waals surface area (Å²) in [5.74, 6) is 0.987. The third kappa shape index (κ3) is 4.28. The van der Waals surface area contributed by atoms with E-state index in [2.05, 4.69) is 29.7 Å². The highest BCUT2D eigenvalue weighted by Crippen LogP contribution is 2.42. The lowest BCUT2D eigenvalue weighted by molar-refractivity contribution is 0.141. The van der Waals surface area contributed by atoms with Gasteiger partial charge in [-0.2, -0.15) is 0 Å². The van der Waals surface area contributed by atoms with E-state index in [0.29, 0.717) is 5.41 Å². The van der Waals surface area contributed by atoms with Crippen LogP contribution in [0.5, 0.6) is 0 Å². The Labute approximate surface area is 122 Å². The van der Waals surface area contributed by atoms with Crippen LogP contribution >= 0.6 is 11.3 Å². The van der Waals surface area contributed by atoms with Crippen LogP contribution in [0.25, 0.3) is 0 Å². The summed E-state index contributed by atoms with van der Waals surface area (Å²) in [5.41, 5.74) is 0.468. The van der Waals surface area contributed by atoms with E-state index < -0.39 is 0 Å². The van der Waals surface area contributed by atoms with Gasteiger partial charge >= 0.3 is 0 Å². The third-order valence-corrected chi connectivity index (χ3v) is 5.47. The first kappa shape index (κ1) is 15.0. The summed E-state index contributed by atoms with van der Waals surface area (Å²) in [4.78, 5) is 4.50. The van der Waals surface area contributed by atoms with Gasteiger partial charge in [-0.15, -0.1) is 11.3 Å². The molecule has 1 aromatic heterocycles. The Balaban J connectivity index is 1.91. The fourth-order valence-corrected chi connectivity index (χ4v) is 4.31. The van der Waals surface area contributed by atoms with Crippen LogP contribution in [0.2, 0.25) is 0 Å². The fraction of sp³-hybridized carbons (Fsp3) is 0.812. The van der Waals surface area contributed by atoms with Crippen molar-refractivity contribution in [1.29, 1.82) is 0 Å².